The topological polar surface area (TPSA) is 56.1 Å². The molecular weight excluding hydrogens is 266 g/mol. The van der Waals surface area contributed by atoms with Gasteiger partial charge in [0.25, 0.3) is 5.91 Å². The number of benzene rings is 1. The third-order valence-corrected chi connectivity index (χ3v) is 3.91. The van der Waals surface area contributed by atoms with Gasteiger partial charge < -0.3 is 10.1 Å². The van der Waals surface area contributed by atoms with Gasteiger partial charge in [0.2, 0.25) is 0 Å². The zero-order chi connectivity index (χ0) is 14.7. The number of rotatable bonds is 4. The van der Waals surface area contributed by atoms with Crippen molar-refractivity contribution in [3.63, 3.8) is 0 Å². The van der Waals surface area contributed by atoms with Crippen LogP contribution in [0, 0.1) is 0 Å². The van der Waals surface area contributed by atoms with E-state index in [0.29, 0.717) is 17.4 Å². The van der Waals surface area contributed by atoms with Gasteiger partial charge >= 0.3 is 0 Å². The summed E-state index contributed by atoms with van der Waals surface area (Å²) in [5.41, 5.74) is 0.577. The van der Waals surface area contributed by atoms with Gasteiger partial charge in [0.05, 0.1) is 19.3 Å². The van der Waals surface area contributed by atoms with Gasteiger partial charge in [-0.1, -0.05) is 18.9 Å². The Kier molecular flexibility index (Phi) is 3.90. The summed E-state index contributed by atoms with van der Waals surface area (Å²) in [6.45, 7) is 0. The summed E-state index contributed by atoms with van der Waals surface area (Å²) in [5.74, 6) is 1.29. The van der Waals surface area contributed by atoms with E-state index < -0.39 is 0 Å². The van der Waals surface area contributed by atoms with Crippen molar-refractivity contribution in [1.29, 1.82) is 0 Å². The lowest BCUT2D eigenvalue weighted by Gasteiger charge is -2.14. The standard InChI is InChI=1S/C16H19N3O2/c1-21-14-8-4-5-12(11-14)16(20)18-15-9-10-17-19(15)13-6-2-3-7-13/h4-5,8-11,13H,2-3,6-7H2,1H3,(H,18,20). The van der Waals surface area contributed by atoms with Crippen LogP contribution in [0.1, 0.15) is 42.1 Å². The quantitative estimate of drug-likeness (QED) is 0.938. The van der Waals surface area contributed by atoms with E-state index in [4.69, 9.17) is 4.74 Å². The Balaban J connectivity index is 1.77. The lowest BCUT2D eigenvalue weighted by molar-refractivity contribution is 0.102. The fourth-order valence-electron chi connectivity index (χ4n) is 2.81. The van der Waals surface area contributed by atoms with Crippen molar-refractivity contribution in [2.45, 2.75) is 31.7 Å². The first-order valence-corrected chi connectivity index (χ1v) is 7.27. The van der Waals surface area contributed by atoms with Gasteiger partial charge in [-0.3, -0.25) is 4.79 Å². The van der Waals surface area contributed by atoms with Crippen LogP contribution in [0.4, 0.5) is 5.82 Å². The average molecular weight is 285 g/mol. The highest BCUT2D eigenvalue weighted by atomic mass is 16.5. The number of carbonyl (C=O) groups is 1. The van der Waals surface area contributed by atoms with Crippen molar-refractivity contribution in [1.82, 2.24) is 9.78 Å². The van der Waals surface area contributed by atoms with Crippen molar-refractivity contribution in [2.75, 3.05) is 12.4 Å². The molecule has 1 aliphatic rings. The van der Waals surface area contributed by atoms with Crippen LogP contribution in [0.2, 0.25) is 0 Å². The molecule has 21 heavy (non-hydrogen) atoms. The molecule has 1 fully saturated rings. The molecule has 0 atom stereocenters. The first-order chi connectivity index (χ1) is 10.3. The molecule has 0 spiro atoms. The molecule has 0 radical (unpaired) electrons. The highest BCUT2D eigenvalue weighted by Crippen LogP contribution is 2.31. The number of nitrogens with one attached hydrogen (secondary N) is 1. The maximum absolute atomic E-state index is 12.3. The highest BCUT2D eigenvalue weighted by molar-refractivity contribution is 6.04. The van der Waals surface area contributed by atoms with Crippen molar-refractivity contribution >= 4 is 11.7 Å². The monoisotopic (exact) mass is 285 g/mol. The predicted molar refractivity (Wildman–Crippen MR) is 80.7 cm³/mol. The van der Waals surface area contributed by atoms with Gasteiger partial charge in [-0.2, -0.15) is 5.10 Å². The van der Waals surface area contributed by atoms with Gasteiger partial charge in [-0.15, -0.1) is 0 Å². The zero-order valence-electron chi connectivity index (χ0n) is 12.1. The lowest BCUT2D eigenvalue weighted by atomic mass is 10.2. The first-order valence-electron chi connectivity index (χ1n) is 7.27. The van der Waals surface area contributed by atoms with Crippen LogP contribution >= 0.6 is 0 Å². The molecule has 5 heteroatoms. The highest BCUT2D eigenvalue weighted by Gasteiger charge is 2.20. The van der Waals surface area contributed by atoms with E-state index in [1.165, 1.54) is 12.8 Å². The Bertz CT molecular complexity index is 630. The Hall–Kier alpha value is -2.30. The van der Waals surface area contributed by atoms with Gasteiger partial charge in [-0.25, -0.2) is 4.68 Å². The Morgan fingerprint density at radius 2 is 2.14 bits per heavy atom. The minimum absolute atomic E-state index is 0.145. The molecule has 1 saturated carbocycles. The number of carbonyl (C=O) groups excluding carboxylic acids is 1. The summed E-state index contributed by atoms with van der Waals surface area (Å²) in [7, 11) is 1.59. The number of aromatic nitrogens is 2. The molecule has 0 unspecified atom stereocenters. The van der Waals surface area contributed by atoms with Crippen LogP contribution in [0.15, 0.2) is 36.5 Å². The molecule has 0 aliphatic heterocycles. The Morgan fingerprint density at radius 3 is 2.90 bits per heavy atom. The predicted octanol–water partition coefficient (Wildman–Crippen LogP) is 3.26. The molecule has 3 rings (SSSR count). The number of anilines is 1. The summed E-state index contributed by atoms with van der Waals surface area (Å²) in [6.07, 6.45) is 6.45. The summed E-state index contributed by atoms with van der Waals surface area (Å²) in [5, 5.41) is 7.30. The summed E-state index contributed by atoms with van der Waals surface area (Å²) in [6, 6.07) is 9.37. The van der Waals surface area contributed by atoms with Crippen molar-refractivity contribution in [2.24, 2.45) is 0 Å². The number of ether oxygens (including phenoxy) is 1. The number of nitrogens with zero attached hydrogens (tertiary/aromatic N) is 2. The van der Waals surface area contributed by atoms with Crippen LogP contribution in [0.3, 0.4) is 0 Å². The largest absolute Gasteiger partial charge is 0.497 e. The molecular formula is C16H19N3O2. The van der Waals surface area contributed by atoms with Crippen LogP contribution in [-0.2, 0) is 0 Å². The first kappa shape index (κ1) is 13.7. The minimum atomic E-state index is -0.145. The van der Waals surface area contributed by atoms with Gasteiger partial charge in [0.1, 0.15) is 11.6 Å². The fourth-order valence-corrected chi connectivity index (χ4v) is 2.81. The SMILES string of the molecule is COc1cccc(C(=O)Nc2ccnn2C2CCCC2)c1. The molecule has 1 aromatic carbocycles. The van der Waals surface area contributed by atoms with E-state index in [0.717, 1.165) is 18.7 Å². The van der Waals surface area contributed by atoms with E-state index in [1.54, 1.807) is 25.4 Å². The summed E-state index contributed by atoms with van der Waals surface area (Å²) < 4.78 is 7.08. The lowest BCUT2D eigenvalue weighted by Crippen LogP contribution is -2.17. The van der Waals surface area contributed by atoms with Crippen LogP contribution in [-0.4, -0.2) is 22.8 Å². The molecule has 1 N–H and O–H groups in total. The molecule has 0 bridgehead atoms. The van der Waals surface area contributed by atoms with Crippen LogP contribution < -0.4 is 10.1 Å². The van der Waals surface area contributed by atoms with Crippen molar-refractivity contribution in [3.8, 4) is 5.75 Å². The Morgan fingerprint density at radius 1 is 1.33 bits per heavy atom. The van der Waals surface area contributed by atoms with E-state index in [1.807, 2.05) is 22.9 Å². The van der Waals surface area contributed by atoms with Gasteiger partial charge in [0, 0.05) is 11.6 Å². The molecule has 110 valence electrons. The van der Waals surface area contributed by atoms with Gasteiger partial charge in [0.15, 0.2) is 0 Å². The number of amides is 1. The molecule has 2 aromatic rings. The molecule has 1 heterocycles. The summed E-state index contributed by atoms with van der Waals surface area (Å²) in [4.78, 5) is 12.3. The Labute approximate surface area is 123 Å². The third-order valence-electron chi connectivity index (χ3n) is 3.91. The number of hydrogen-bond acceptors (Lipinski definition) is 3. The number of hydrogen-bond donors (Lipinski definition) is 1. The molecule has 1 amide bonds. The maximum Gasteiger partial charge on any atom is 0.256 e. The van der Waals surface area contributed by atoms with Crippen LogP contribution in [0.5, 0.6) is 5.75 Å². The smallest absolute Gasteiger partial charge is 0.256 e. The maximum atomic E-state index is 12.3. The minimum Gasteiger partial charge on any atom is -0.497 e. The fraction of sp³-hybridized carbons (Fsp3) is 0.375. The van der Waals surface area contributed by atoms with E-state index in [-0.39, 0.29) is 5.91 Å². The summed E-state index contributed by atoms with van der Waals surface area (Å²) >= 11 is 0. The van der Waals surface area contributed by atoms with E-state index in [9.17, 15) is 4.79 Å². The van der Waals surface area contributed by atoms with Crippen LogP contribution in [0.25, 0.3) is 0 Å². The third kappa shape index (κ3) is 2.91. The molecule has 1 aromatic heterocycles. The normalized spacial score (nSPS) is 15.1. The van der Waals surface area contributed by atoms with Crippen molar-refractivity contribution < 1.29 is 9.53 Å². The average Bonchev–Trinajstić information content (AvgIpc) is 3.18. The van der Waals surface area contributed by atoms with E-state index in [2.05, 4.69) is 10.4 Å². The van der Waals surface area contributed by atoms with Gasteiger partial charge in [-0.05, 0) is 31.0 Å². The molecule has 5 nitrogen and oxygen atoms in total. The molecule has 0 saturated heterocycles. The second kappa shape index (κ2) is 5.99. The van der Waals surface area contributed by atoms with Crippen molar-refractivity contribution in [3.05, 3.63) is 42.1 Å². The second-order valence-electron chi connectivity index (χ2n) is 5.29. The number of methoxy groups -OCH3 is 1. The van der Waals surface area contributed by atoms with E-state index >= 15 is 0 Å². The zero-order valence-corrected chi connectivity index (χ0v) is 12.1. The molecule has 1 aliphatic carbocycles. The second-order valence-corrected chi connectivity index (χ2v) is 5.29.